The van der Waals surface area contributed by atoms with Gasteiger partial charge in [0, 0.05) is 41.4 Å². The van der Waals surface area contributed by atoms with Gasteiger partial charge in [-0.15, -0.1) is 11.8 Å². The largest absolute Gasteiger partial charge is 1.00 e. The predicted octanol–water partition coefficient (Wildman–Crippen LogP) is -0.425. The number of aromatic nitrogens is 2. The van der Waals surface area contributed by atoms with Crippen LogP contribution in [0.25, 0.3) is 11.0 Å². The molecule has 0 unspecified atom stereocenters. The fraction of sp³-hybridized carbons (Fsp3) is 0.444. The molecule has 2 bridgehead atoms. The number of nitrogens with one attached hydrogen (secondary N) is 1. The van der Waals surface area contributed by atoms with E-state index in [1.807, 2.05) is 0 Å². The van der Waals surface area contributed by atoms with Crippen LogP contribution in [-0.2, 0) is 22.5 Å². The van der Waals surface area contributed by atoms with Gasteiger partial charge in [-0.1, -0.05) is 6.07 Å². The van der Waals surface area contributed by atoms with Crippen LogP contribution >= 0.6 is 11.8 Å². The standard InChI is InChI=1S/C27H29FN4O4S.ClH/c1-35-24-5-3-19-25(32-24)17(18(28)13-29-19)11-22(33)27-8-6-26(7-9-27,15-36-27)30-12-16-2-4-21-20(10-16)31-23(34)14-37-21;/h2-5,10,13,22,30,33H,6-9,11-12,14-15H2,1H3,(H,31,34);1H/t22-,26?,27?;/m0./s1. The van der Waals surface area contributed by atoms with Crippen LogP contribution < -0.4 is 27.8 Å². The Bertz CT molecular complexity index is 1350. The molecule has 1 atom stereocenters. The van der Waals surface area contributed by atoms with Crippen LogP contribution in [0.15, 0.2) is 41.4 Å². The van der Waals surface area contributed by atoms with Crippen LogP contribution in [0.2, 0.25) is 0 Å². The first-order chi connectivity index (χ1) is 17.9. The van der Waals surface area contributed by atoms with E-state index in [0.717, 1.165) is 35.5 Å². The highest BCUT2D eigenvalue weighted by Gasteiger charge is 2.55. The van der Waals surface area contributed by atoms with Crippen LogP contribution in [0, 0.1) is 5.82 Å². The van der Waals surface area contributed by atoms with Crippen molar-refractivity contribution in [3.8, 4) is 5.88 Å². The summed E-state index contributed by atoms with van der Waals surface area (Å²) in [6.07, 6.45) is 3.66. The lowest BCUT2D eigenvalue weighted by Crippen LogP contribution is -3.00. The maximum Gasteiger partial charge on any atom is 0.234 e. The molecule has 8 nitrogen and oxygen atoms in total. The Morgan fingerprint density at radius 1 is 1.26 bits per heavy atom. The van der Waals surface area contributed by atoms with E-state index in [9.17, 15) is 14.3 Å². The number of fused-ring (bicyclic) bond motifs is 5. The summed E-state index contributed by atoms with van der Waals surface area (Å²) < 4.78 is 26.4. The molecule has 3 fully saturated rings. The van der Waals surface area contributed by atoms with Gasteiger partial charge >= 0.3 is 0 Å². The molecular formula is C27H30ClFN4O4S. The number of hydrogen-bond acceptors (Lipinski definition) is 7. The predicted molar refractivity (Wildman–Crippen MR) is 137 cm³/mol. The van der Waals surface area contributed by atoms with E-state index in [0.29, 0.717) is 47.7 Å². The van der Waals surface area contributed by atoms with E-state index < -0.39 is 17.5 Å². The van der Waals surface area contributed by atoms with Crippen molar-refractivity contribution in [3.63, 3.8) is 0 Å². The van der Waals surface area contributed by atoms with E-state index in [1.54, 1.807) is 23.9 Å². The molecule has 11 heteroatoms. The van der Waals surface area contributed by atoms with Crippen LogP contribution in [0.1, 0.15) is 36.8 Å². The van der Waals surface area contributed by atoms with Crippen LogP contribution in [0.3, 0.4) is 0 Å². The molecule has 5 heterocycles. The molecule has 7 rings (SSSR count). The number of nitrogens with zero attached hydrogens (tertiary/aromatic N) is 2. The first-order valence-corrected chi connectivity index (χ1v) is 13.6. The number of methoxy groups -OCH3 is 1. The number of thioether (sulfide) groups is 1. The summed E-state index contributed by atoms with van der Waals surface area (Å²) in [6.45, 7) is 1.32. The quantitative estimate of drug-likeness (QED) is 0.360. The number of rotatable bonds is 7. The van der Waals surface area contributed by atoms with Crippen molar-refractivity contribution in [3.05, 3.63) is 53.5 Å². The molecule has 4 aliphatic rings. The van der Waals surface area contributed by atoms with E-state index in [1.165, 1.54) is 13.3 Å². The Kier molecular flexibility index (Phi) is 7.54. The van der Waals surface area contributed by atoms with Crippen molar-refractivity contribution in [1.29, 1.82) is 0 Å². The second-order valence-electron chi connectivity index (χ2n) is 10.3. The third-order valence-electron chi connectivity index (χ3n) is 8.14. The zero-order valence-corrected chi connectivity index (χ0v) is 22.6. The van der Waals surface area contributed by atoms with Gasteiger partial charge in [-0.3, -0.25) is 9.78 Å². The Balaban J connectivity index is 0.00000294. The summed E-state index contributed by atoms with van der Waals surface area (Å²) in [6, 6.07) is 9.68. The maximum atomic E-state index is 14.8. The zero-order valence-electron chi connectivity index (χ0n) is 21.0. The molecule has 202 valence electrons. The number of carbonyl (C=O) groups is 1. The summed E-state index contributed by atoms with van der Waals surface area (Å²) in [7, 11) is 1.51. The number of aliphatic hydroxyl groups is 1. The number of carbonyl (C=O) groups excluding carboxylic acids is 1. The molecule has 1 aliphatic carbocycles. The third kappa shape index (κ3) is 4.96. The maximum absolute atomic E-state index is 14.8. The molecule has 0 radical (unpaired) electrons. The summed E-state index contributed by atoms with van der Waals surface area (Å²) in [5.41, 5.74) is 2.61. The van der Waals surface area contributed by atoms with Gasteiger partial charge in [0.25, 0.3) is 0 Å². The summed E-state index contributed by atoms with van der Waals surface area (Å²) >= 11 is 1.56. The molecule has 1 amide bonds. The number of ether oxygens (including phenoxy) is 2. The molecule has 1 saturated carbocycles. The molecule has 2 saturated heterocycles. The number of benzene rings is 1. The number of hydrogen-bond donors (Lipinski definition) is 3. The van der Waals surface area contributed by atoms with Gasteiger partial charge in [0.05, 0.1) is 47.5 Å². The van der Waals surface area contributed by atoms with Crippen molar-refractivity contribution in [1.82, 2.24) is 9.97 Å². The van der Waals surface area contributed by atoms with Crippen molar-refractivity contribution in [2.75, 3.05) is 24.8 Å². The van der Waals surface area contributed by atoms with Gasteiger partial charge in [-0.2, -0.15) is 0 Å². The van der Waals surface area contributed by atoms with Crippen molar-refractivity contribution < 1.29 is 41.5 Å². The first kappa shape index (κ1) is 27.1. The Labute approximate surface area is 230 Å². The lowest BCUT2D eigenvalue weighted by atomic mass is 9.68. The monoisotopic (exact) mass is 560 g/mol. The normalized spacial score (nSPS) is 24.9. The van der Waals surface area contributed by atoms with E-state index >= 15 is 0 Å². The summed E-state index contributed by atoms with van der Waals surface area (Å²) in [5.74, 6) is 0.384. The van der Waals surface area contributed by atoms with E-state index in [4.69, 9.17) is 9.47 Å². The number of quaternary nitrogens is 1. The number of aliphatic hydroxyl groups excluding tert-OH is 1. The second kappa shape index (κ2) is 10.6. The van der Waals surface area contributed by atoms with Gasteiger partial charge in [0.2, 0.25) is 11.8 Å². The van der Waals surface area contributed by atoms with Crippen LogP contribution in [-0.4, -0.2) is 57.7 Å². The Hall–Kier alpha value is -2.50. The fourth-order valence-electron chi connectivity index (χ4n) is 5.80. The molecule has 3 aliphatic heterocycles. The van der Waals surface area contributed by atoms with Gasteiger partial charge in [0.15, 0.2) is 0 Å². The molecule has 0 spiro atoms. The molecular weight excluding hydrogens is 531 g/mol. The molecule has 4 N–H and O–H groups in total. The van der Waals surface area contributed by atoms with Gasteiger partial charge in [-0.05, 0) is 31.0 Å². The van der Waals surface area contributed by atoms with E-state index in [2.05, 4.69) is 38.8 Å². The SMILES string of the molecule is COc1ccc2ncc(F)c(C[C@H](O)C34CCC([NH2+]Cc5ccc6c(c5)NC(=O)CS6)(CC3)CO4)c2n1.[Cl-]. The second-order valence-corrected chi connectivity index (χ2v) is 11.3. The molecule has 3 aromatic rings. The summed E-state index contributed by atoms with van der Waals surface area (Å²) in [4.78, 5) is 21.4. The first-order valence-electron chi connectivity index (χ1n) is 12.6. The average molecular weight is 561 g/mol. The smallest absolute Gasteiger partial charge is 0.234 e. The zero-order chi connectivity index (χ0) is 25.6. The molecule has 1 aromatic carbocycles. The van der Waals surface area contributed by atoms with Gasteiger partial charge in [0.1, 0.15) is 24.5 Å². The minimum absolute atomic E-state index is 0. The van der Waals surface area contributed by atoms with Crippen molar-refractivity contribution in [2.45, 2.75) is 60.8 Å². The van der Waals surface area contributed by atoms with E-state index in [-0.39, 0.29) is 30.3 Å². The number of nitrogens with two attached hydrogens (primary N) is 1. The highest BCUT2D eigenvalue weighted by molar-refractivity contribution is 8.00. The average Bonchev–Trinajstić information content (AvgIpc) is 2.94. The highest BCUT2D eigenvalue weighted by atomic mass is 35.5. The Morgan fingerprint density at radius 2 is 2.08 bits per heavy atom. The molecule has 38 heavy (non-hydrogen) atoms. The lowest BCUT2D eigenvalue weighted by Gasteiger charge is -2.53. The van der Waals surface area contributed by atoms with Gasteiger partial charge < -0.3 is 37.6 Å². The minimum Gasteiger partial charge on any atom is -1.00 e. The number of halogens is 2. The van der Waals surface area contributed by atoms with Crippen LogP contribution in [0.5, 0.6) is 5.88 Å². The summed E-state index contributed by atoms with van der Waals surface area (Å²) in [5, 5.41) is 16.6. The third-order valence-corrected chi connectivity index (χ3v) is 9.21. The minimum atomic E-state index is -0.861. The topological polar surface area (TPSA) is 110 Å². The lowest BCUT2D eigenvalue weighted by molar-refractivity contribution is -0.754. The fourth-order valence-corrected chi connectivity index (χ4v) is 6.58. The van der Waals surface area contributed by atoms with Crippen molar-refractivity contribution in [2.24, 2.45) is 0 Å². The number of amides is 1. The number of anilines is 1. The van der Waals surface area contributed by atoms with Gasteiger partial charge in [-0.25, -0.2) is 9.37 Å². The van der Waals surface area contributed by atoms with Crippen LogP contribution in [0.4, 0.5) is 10.1 Å². The number of pyridine rings is 2. The Morgan fingerprint density at radius 3 is 2.82 bits per heavy atom. The highest BCUT2D eigenvalue weighted by Crippen LogP contribution is 2.45. The van der Waals surface area contributed by atoms with Crippen molar-refractivity contribution >= 4 is 34.4 Å². The molecule has 2 aromatic heterocycles.